The fraction of sp³-hybridized carbons (Fsp3) is 0.327. The Kier molecular flexibility index (Phi) is 14.9. The molecular formula is C52H56Cl4Zr-4. The van der Waals surface area contributed by atoms with Gasteiger partial charge in [-0.1, -0.05) is 117 Å². The van der Waals surface area contributed by atoms with E-state index in [9.17, 15) is 0 Å². The molecule has 0 aromatic heterocycles. The molecule has 5 aromatic rings. The van der Waals surface area contributed by atoms with E-state index in [2.05, 4.69) is 169 Å². The summed E-state index contributed by atoms with van der Waals surface area (Å²) in [4.78, 5) is 0. The largest absolute Gasteiger partial charge is 1.00 e. The number of benzene rings is 4. The van der Waals surface area contributed by atoms with Crippen LogP contribution in [0.2, 0.25) is 10.0 Å². The molecule has 0 saturated carbocycles. The zero-order chi connectivity index (χ0) is 40.1. The minimum atomic E-state index is -0.623. The van der Waals surface area contributed by atoms with Crippen LogP contribution in [-0.2, 0) is 33.1 Å². The summed E-state index contributed by atoms with van der Waals surface area (Å²) in [5, 5.41) is 7.15. The number of allylic oxidation sites excluding steroid dienone is 8. The monoisotopic (exact) mass is 910 g/mol. The molecule has 3 aliphatic rings. The molecule has 1 atom stereocenters. The third-order valence-electron chi connectivity index (χ3n) is 10.9. The fourth-order valence-electron chi connectivity index (χ4n) is 8.00. The van der Waals surface area contributed by atoms with Crippen LogP contribution in [-0.4, -0.2) is 7.42 Å². The molecule has 57 heavy (non-hydrogen) atoms. The summed E-state index contributed by atoms with van der Waals surface area (Å²) in [5.74, 6) is 0.556. The van der Waals surface area contributed by atoms with Gasteiger partial charge in [-0.05, 0) is 33.1 Å². The van der Waals surface area contributed by atoms with Crippen LogP contribution in [0, 0.1) is 22.8 Å². The van der Waals surface area contributed by atoms with E-state index >= 15 is 0 Å². The van der Waals surface area contributed by atoms with Crippen LogP contribution in [0.15, 0.2) is 109 Å². The molecule has 5 aromatic carbocycles. The summed E-state index contributed by atoms with van der Waals surface area (Å²) >= 11 is 11.0. The van der Waals surface area contributed by atoms with Crippen LogP contribution in [0.3, 0.4) is 0 Å². The molecule has 0 fully saturated rings. The first-order chi connectivity index (χ1) is 25.6. The maximum atomic E-state index is 5.84. The molecule has 0 N–H and O–H groups in total. The van der Waals surface area contributed by atoms with E-state index in [0.29, 0.717) is 5.92 Å². The maximum absolute atomic E-state index is 5.84. The normalized spacial score (nSPS) is 16.9. The second-order valence-corrected chi connectivity index (χ2v) is 21.9. The average molecular weight is 914 g/mol. The van der Waals surface area contributed by atoms with Gasteiger partial charge in [0.25, 0.3) is 0 Å². The van der Waals surface area contributed by atoms with Crippen molar-refractivity contribution in [3.63, 3.8) is 0 Å². The van der Waals surface area contributed by atoms with Crippen molar-refractivity contribution in [2.45, 2.75) is 93.9 Å². The van der Waals surface area contributed by atoms with Crippen LogP contribution in [0.4, 0.5) is 0 Å². The Morgan fingerprint density at radius 1 is 0.649 bits per heavy atom. The summed E-state index contributed by atoms with van der Waals surface area (Å²) < 4.78 is 4.66. The number of halogens is 4. The van der Waals surface area contributed by atoms with Crippen LogP contribution in [0.1, 0.15) is 116 Å². The van der Waals surface area contributed by atoms with Crippen molar-refractivity contribution in [3.8, 4) is 0 Å². The Morgan fingerprint density at radius 3 is 1.33 bits per heavy atom. The Bertz CT molecular complexity index is 2290. The van der Waals surface area contributed by atoms with E-state index < -0.39 is 22.3 Å². The molecule has 0 heterocycles. The van der Waals surface area contributed by atoms with Crippen LogP contribution in [0.5, 0.6) is 0 Å². The number of fused-ring (bicyclic) bond motifs is 5. The van der Waals surface area contributed by atoms with Crippen LogP contribution in [0.25, 0.3) is 32.7 Å². The summed E-state index contributed by atoms with van der Waals surface area (Å²) in [6.07, 6.45) is 12.4. The molecule has 300 valence electrons. The molecule has 0 saturated heterocycles. The number of rotatable bonds is 2. The minimum absolute atomic E-state index is 0. The predicted octanol–water partition coefficient (Wildman–Crippen LogP) is 9.18. The van der Waals surface area contributed by atoms with Gasteiger partial charge in [-0.25, -0.2) is 11.6 Å². The molecule has 0 radical (unpaired) electrons. The van der Waals surface area contributed by atoms with Gasteiger partial charge in [0, 0.05) is 10.8 Å². The summed E-state index contributed by atoms with van der Waals surface area (Å²) in [7, 11) is 0. The zero-order valence-corrected chi connectivity index (χ0v) is 41.0. The summed E-state index contributed by atoms with van der Waals surface area (Å²) in [6.45, 7) is 27.7. The summed E-state index contributed by atoms with van der Waals surface area (Å²) in [6, 6.07) is 28.3. The van der Waals surface area contributed by atoms with Crippen molar-refractivity contribution < 1.29 is 47.1 Å². The first kappa shape index (κ1) is 47.2. The van der Waals surface area contributed by atoms with E-state index in [0.717, 1.165) is 10.0 Å². The number of hydrogen-bond acceptors (Lipinski definition) is 0. The van der Waals surface area contributed by atoms with Gasteiger partial charge in [-0.3, -0.25) is 6.08 Å². The molecule has 8 rings (SSSR count). The molecule has 0 spiro atoms. The smallest absolute Gasteiger partial charge is 1.00 e. The average Bonchev–Trinajstić information content (AvgIpc) is 3.81. The van der Waals surface area contributed by atoms with Crippen LogP contribution < -0.4 is 24.8 Å². The Hall–Kier alpha value is -2.51. The van der Waals surface area contributed by atoms with E-state index in [1.807, 2.05) is 30.3 Å². The maximum Gasteiger partial charge on any atom is -1.00 e. The quantitative estimate of drug-likeness (QED) is 0.155. The molecule has 0 aliphatic heterocycles. The standard InChI is InChI=1S/C31H37.2C7H5Cl.C7H9.2ClH.Zr/c1-28(2,3)26-16-30(7,8)24-12-18-11-19-13-25-23(15-21(19)20(18)14-22(24)26)27(29(4,5)6)17-31(25,9)10;2*1-6-2-4-7(8)5-3-6;1-6-3-4-7(2)5-6;;;/h11-17H,1-10H3;2*1-5H;3,5,7H,1-2H3;2*1H;/q-1;;;-1;;;/p-2. The minimum Gasteiger partial charge on any atom is -1.00 e. The Balaban J connectivity index is 0.000000232. The van der Waals surface area contributed by atoms with E-state index in [-0.39, 0.29) is 46.5 Å². The van der Waals surface area contributed by atoms with Gasteiger partial charge < -0.3 is 24.8 Å². The van der Waals surface area contributed by atoms with Crippen LogP contribution >= 0.6 is 23.2 Å². The first-order valence-corrected chi connectivity index (χ1v) is 23.1. The Labute approximate surface area is 376 Å². The molecular weight excluding hydrogens is 858 g/mol. The van der Waals surface area contributed by atoms with Gasteiger partial charge in [-0.15, -0.1) is 46.7 Å². The van der Waals surface area contributed by atoms with Gasteiger partial charge in [0.05, 0.1) is 0 Å². The molecule has 0 bridgehead atoms. The van der Waals surface area contributed by atoms with Crippen molar-refractivity contribution in [2.24, 2.45) is 16.7 Å². The van der Waals surface area contributed by atoms with Gasteiger partial charge >= 0.3 is 123 Å². The van der Waals surface area contributed by atoms with Crippen molar-refractivity contribution in [1.82, 2.24) is 0 Å². The molecule has 5 heteroatoms. The SMILES string of the molecule is CC(C)(C)C1=CC(C)(C)c2cc3[cH-]c4cc5c(cc4c3cc21)C(C(C)(C)C)=CC5(C)C.CC1=CC(C)[C-]=C1.Clc1ccc([CH]=[Zr]=[CH]c2ccc(Cl)cc2)cc1.[Cl-].[Cl-]. The van der Waals surface area contributed by atoms with Gasteiger partial charge in [-0.2, -0.15) is 6.08 Å². The van der Waals surface area contributed by atoms with Gasteiger partial charge in [0.1, 0.15) is 0 Å². The van der Waals surface area contributed by atoms with Crippen molar-refractivity contribution >= 4 is 63.3 Å². The Morgan fingerprint density at radius 2 is 1.04 bits per heavy atom. The molecule has 0 amide bonds. The first-order valence-electron chi connectivity index (χ1n) is 19.5. The third-order valence-corrected chi connectivity index (χ3v) is 13.9. The van der Waals surface area contributed by atoms with Crippen molar-refractivity contribution in [2.75, 3.05) is 0 Å². The van der Waals surface area contributed by atoms with Crippen molar-refractivity contribution in [3.05, 3.63) is 158 Å². The van der Waals surface area contributed by atoms with Gasteiger partial charge in [0.15, 0.2) is 0 Å². The third kappa shape index (κ3) is 10.8. The van der Waals surface area contributed by atoms with Gasteiger partial charge in [0.2, 0.25) is 0 Å². The topological polar surface area (TPSA) is 0 Å². The predicted molar refractivity (Wildman–Crippen MR) is 242 cm³/mol. The van der Waals surface area contributed by atoms with E-state index in [4.69, 9.17) is 23.2 Å². The molecule has 3 aliphatic carbocycles. The molecule has 0 nitrogen and oxygen atoms in total. The van der Waals surface area contributed by atoms with E-state index in [1.165, 1.54) is 71.6 Å². The van der Waals surface area contributed by atoms with Crippen molar-refractivity contribution in [1.29, 1.82) is 0 Å². The van der Waals surface area contributed by atoms with E-state index in [1.54, 1.807) is 0 Å². The zero-order valence-electron chi connectivity index (χ0n) is 35.6. The summed E-state index contributed by atoms with van der Waals surface area (Å²) in [5.41, 5.74) is 13.1. The fourth-order valence-corrected chi connectivity index (χ4v) is 10.3. The molecule has 1 unspecified atom stereocenters. The second kappa shape index (κ2) is 18.0. The number of hydrogen-bond donors (Lipinski definition) is 0. The second-order valence-electron chi connectivity index (χ2n) is 18.7.